The number of aryl methyl sites for hydroxylation is 1. The van der Waals surface area contributed by atoms with Crippen LogP contribution in [0.4, 0.5) is 0 Å². The van der Waals surface area contributed by atoms with Crippen molar-refractivity contribution in [1.29, 1.82) is 0 Å². The van der Waals surface area contributed by atoms with Crippen LogP contribution in [0, 0.1) is 0 Å². The van der Waals surface area contributed by atoms with Crippen LogP contribution in [0.3, 0.4) is 0 Å². The third-order valence-corrected chi connectivity index (χ3v) is 3.99. The summed E-state index contributed by atoms with van der Waals surface area (Å²) < 4.78 is 10.3. The average Bonchev–Trinajstić information content (AvgIpc) is 2.98. The topological polar surface area (TPSA) is 76.1 Å². The molecule has 0 aliphatic carbocycles. The Kier molecular flexibility index (Phi) is 5.38. The normalized spacial score (nSPS) is 20.9. The van der Waals surface area contributed by atoms with E-state index in [1.165, 1.54) is 12.0 Å². The third-order valence-electron chi connectivity index (χ3n) is 3.99. The van der Waals surface area contributed by atoms with Gasteiger partial charge in [0.25, 0.3) is 0 Å². The van der Waals surface area contributed by atoms with Crippen molar-refractivity contribution in [2.24, 2.45) is 0 Å². The Morgan fingerprint density at radius 1 is 1.27 bits per heavy atom. The molecule has 2 atom stereocenters. The van der Waals surface area contributed by atoms with E-state index in [4.69, 9.17) is 9.47 Å². The minimum absolute atomic E-state index is 0.150. The Morgan fingerprint density at radius 2 is 1.95 bits per heavy atom. The first-order valence-electron chi connectivity index (χ1n) is 7.23. The van der Waals surface area contributed by atoms with Gasteiger partial charge >= 0.3 is 5.97 Å². The summed E-state index contributed by atoms with van der Waals surface area (Å²) in [5.41, 5.74) is 1.02. The summed E-state index contributed by atoms with van der Waals surface area (Å²) in [7, 11) is 3.14. The summed E-state index contributed by atoms with van der Waals surface area (Å²) in [6.07, 6.45) is 1.00. The van der Waals surface area contributed by atoms with Crippen molar-refractivity contribution >= 4 is 11.9 Å². The number of carboxylic acids is 1. The highest BCUT2D eigenvalue weighted by molar-refractivity contribution is 5.84. The number of carboxylic acid groups (broad SMARTS) is 1. The number of aliphatic carboxylic acids is 1. The van der Waals surface area contributed by atoms with Gasteiger partial charge in [-0.25, -0.2) is 4.79 Å². The monoisotopic (exact) mass is 307 g/mol. The highest BCUT2D eigenvalue weighted by Crippen LogP contribution is 2.22. The van der Waals surface area contributed by atoms with E-state index in [1.54, 1.807) is 7.11 Å². The van der Waals surface area contributed by atoms with Crippen molar-refractivity contribution in [3.63, 3.8) is 0 Å². The van der Waals surface area contributed by atoms with Crippen molar-refractivity contribution in [3.8, 4) is 5.75 Å². The molecule has 1 aromatic carbocycles. The van der Waals surface area contributed by atoms with E-state index >= 15 is 0 Å². The van der Waals surface area contributed by atoms with E-state index in [0.29, 0.717) is 19.4 Å². The molecule has 1 aliphatic rings. The van der Waals surface area contributed by atoms with Gasteiger partial charge in [-0.3, -0.25) is 4.79 Å². The highest BCUT2D eigenvalue weighted by Gasteiger charge is 2.39. The van der Waals surface area contributed by atoms with E-state index < -0.39 is 12.0 Å². The molecular formula is C16H21NO5. The number of nitrogens with zero attached hydrogens (tertiary/aromatic N) is 1. The molecule has 0 aromatic heterocycles. The van der Waals surface area contributed by atoms with Gasteiger partial charge < -0.3 is 19.5 Å². The number of likely N-dealkylation sites (tertiary alicyclic amines) is 1. The first-order valence-corrected chi connectivity index (χ1v) is 7.23. The molecule has 0 saturated carbocycles. The van der Waals surface area contributed by atoms with Gasteiger partial charge in [-0.2, -0.15) is 0 Å². The Balaban J connectivity index is 1.94. The highest BCUT2D eigenvalue weighted by atomic mass is 16.5. The number of rotatable bonds is 6. The second-order valence-corrected chi connectivity index (χ2v) is 5.34. The van der Waals surface area contributed by atoms with E-state index in [2.05, 4.69) is 0 Å². The molecular weight excluding hydrogens is 286 g/mol. The molecule has 1 aliphatic heterocycles. The number of carbonyl (C=O) groups excluding carboxylic acids is 1. The molecule has 6 nitrogen and oxygen atoms in total. The van der Waals surface area contributed by atoms with Gasteiger partial charge in [0.15, 0.2) is 0 Å². The lowest BCUT2D eigenvalue weighted by molar-refractivity contribution is -0.148. The molecule has 2 unspecified atom stereocenters. The van der Waals surface area contributed by atoms with Crippen molar-refractivity contribution < 1.29 is 24.2 Å². The van der Waals surface area contributed by atoms with Gasteiger partial charge in [-0.05, 0) is 24.1 Å². The predicted molar refractivity (Wildman–Crippen MR) is 79.9 cm³/mol. The maximum Gasteiger partial charge on any atom is 0.326 e. The minimum Gasteiger partial charge on any atom is -0.497 e. The fourth-order valence-corrected chi connectivity index (χ4v) is 2.67. The molecule has 2 rings (SSSR count). The largest absolute Gasteiger partial charge is 0.497 e. The molecule has 1 amide bonds. The third kappa shape index (κ3) is 3.76. The van der Waals surface area contributed by atoms with Gasteiger partial charge in [0, 0.05) is 26.5 Å². The van der Waals surface area contributed by atoms with Crippen molar-refractivity contribution in [2.45, 2.75) is 31.4 Å². The van der Waals surface area contributed by atoms with E-state index in [0.717, 1.165) is 11.3 Å². The van der Waals surface area contributed by atoms with Gasteiger partial charge in [0.1, 0.15) is 11.8 Å². The molecule has 1 aromatic rings. The fraction of sp³-hybridized carbons (Fsp3) is 0.500. The van der Waals surface area contributed by atoms with E-state index in [-0.39, 0.29) is 18.4 Å². The van der Waals surface area contributed by atoms with Gasteiger partial charge in [0.05, 0.1) is 13.2 Å². The molecule has 120 valence electrons. The Labute approximate surface area is 129 Å². The van der Waals surface area contributed by atoms with Crippen LogP contribution in [-0.4, -0.2) is 54.8 Å². The Morgan fingerprint density at radius 3 is 2.50 bits per heavy atom. The quantitative estimate of drug-likeness (QED) is 0.858. The SMILES string of the molecule is COc1ccc(CCC(=O)N2CC(OC)CC2C(=O)O)cc1. The van der Waals surface area contributed by atoms with Crippen molar-refractivity contribution in [2.75, 3.05) is 20.8 Å². The molecule has 1 N–H and O–H groups in total. The number of methoxy groups -OCH3 is 2. The summed E-state index contributed by atoms with van der Waals surface area (Å²) in [4.78, 5) is 25.0. The molecule has 0 spiro atoms. The summed E-state index contributed by atoms with van der Waals surface area (Å²) in [5.74, 6) is -0.358. The lowest BCUT2D eigenvalue weighted by Gasteiger charge is -2.21. The molecule has 1 heterocycles. The zero-order valence-electron chi connectivity index (χ0n) is 12.8. The zero-order valence-corrected chi connectivity index (χ0v) is 12.8. The predicted octanol–water partition coefficient (Wildman–Crippen LogP) is 1.33. The first kappa shape index (κ1) is 16.3. The fourth-order valence-electron chi connectivity index (χ4n) is 2.67. The molecule has 0 radical (unpaired) electrons. The summed E-state index contributed by atoms with van der Waals surface area (Å²) >= 11 is 0. The van der Waals surface area contributed by atoms with Crippen LogP contribution in [0.1, 0.15) is 18.4 Å². The Bertz CT molecular complexity index is 528. The van der Waals surface area contributed by atoms with Crippen LogP contribution in [0.5, 0.6) is 5.75 Å². The second kappa shape index (κ2) is 7.26. The second-order valence-electron chi connectivity index (χ2n) is 5.34. The molecule has 6 heteroatoms. The van der Waals surface area contributed by atoms with Gasteiger partial charge in [-0.15, -0.1) is 0 Å². The lowest BCUT2D eigenvalue weighted by atomic mass is 10.1. The zero-order chi connectivity index (χ0) is 16.1. The Hall–Kier alpha value is -2.08. The standard InChI is InChI=1S/C16H21NO5/c1-21-12-6-3-11(4-7-12)5-8-15(18)17-10-13(22-2)9-14(17)16(19)20/h3-4,6-7,13-14H,5,8-10H2,1-2H3,(H,19,20). The van der Waals surface area contributed by atoms with Crippen LogP contribution in [-0.2, 0) is 20.7 Å². The summed E-state index contributed by atoms with van der Waals surface area (Å²) in [6, 6.07) is 6.71. The minimum atomic E-state index is -0.975. The number of amides is 1. The number of hydrogen-bond donors (Lipinski definition) is 1. The lowest BCUT2D eigenvalue weighted by Crippen LogP contribution is -2.40. The number of ether oxygens (including phenoxy) is 2. The molecule has 1 fully saturated rings. The number of hydrogen-bond acceptors (Lipinski definition) is 4. The maximum absolute atomic E-state index is 12.3. The summed E-state index contributed by atoms with van der Waals surface area (Å²) in [6.45, 7) is 0.342. The molecule has 22 heavy (non-hydrogen) atoms. The van der Waals surface area contributed by atoms with Crippen molar-refractivity contribution in [1.82, 2.24) is 4.90 Å². The molecule has 0 bridgehead atoms. The van der Waals surface area contributed by atoms with Crippen molar-refractivity contribution in [3.05, 3.63) is 29.8 Å². The van der Waals surface area contributed by atoms with Crippen LogP contribution < -0.4 is 4.74 Å². The number of benzene rings is 1. The smallest absolute Gasteiger partial charge is 0.326 e. The average molecular weight is 307 g/mol. The summed E-state index contributed by atoms with van der Waals surface area (Å²) in [5, 5.41) is 9.23. The van der Waals surface area contributed by atoms with Crippen LogP contribution >= 0.6 is 0 Å². The van der Waals surface area contributed by atoms with E-state index in [1.807, 2.05) is 24.3 Å². The first-order chi connectivity index (χ1) is 10.5. The van der Waals surface area contributed by atoms with Gasteiger partial charge in [0.2, 0.25) is 5.91 Å². The van der Waals surface area contributed by atoms with Crippen LogP contribution in [0.15, 0.2) is 24.3 Å². The van der Waals surface area contributed by atoms with E-state index in [9.17, 15) is 14.7 Å². The van der Waals surface area contributed by atoms with Crippen LogP contribution in [0.25, 0.3) is 0 Å². The van der Waals surface area contributed by atoms with Crippen LogP contribution in [0.2, 0.25) is 0 Å². The molecule has 1 saturated heterocycles. The van der Waals surface area contributed by atoms with Gasteiger partial charge in [-0.1, -0.05) is 12.1 Å². The number of carbonyl (C=O) groups is 2. The maximum atomic E-state index is 12.3.